The zero-order valence-electron chi connectivity index (χ0n) is 9.15. The Morgan fingerprint density at radius 2 is 1.94 bits per heavy atom. The first-order valence-corrected chi connectivity index (χ1v) is 6.46. The molecule has 2 aromatic rings. The van der Waals surface area contributed by atoms with Crippen LogP contribution in [0.1, 0.15) is 13.8 Å². The van der Waals surface area contributed by atoms with E-state index in [2.05, 4.69) is 15.0 Å². The van der Waals surface area contributed by atoms with Gasteiger partial charge in [-0.1, -0.05) is 11.6 Å². The highest BCUT2D eigenvalue weighted by Gasteiger charge is 2.11. The first kappa shape index (κ1) is 12.5. The van der Waals surface area contributed by atoms with Crippen molar-refractivity contribution < 1.29 is 4.74 Å². The van der Waals surface area contributed by atoms with Gasteiger partial charge in [0.25, 0.3) is 0 Å². The summed E-state index contributed by atoms with van der Waals surface area (Å²) < 4.78 is 6.06. The van der Waals surface area contributed by atoms with E-state index in [1.165, 1.54) is 11.3 Å². The number of hydrogen-bond acceptors (Lipinski definition) is 5. The SMILES string of the molecule is CC(C)Oc1nc(Cl)nc(-c2ccc(Cl)s2)n1. The van der Waals surface area contributed by atoms with Gasteiger partial charge in [0.1, 0.15) is 0 Å². The fourth-order valence-electron chi connectivity index (χ4n) is 1.14. The van der Waals surface area contributed by atoms with Crippen LogP contribution in [0.25, 0.3) is 10.7 Å². The van der Waals surface area contributed by atoms with Crippen molar-refractivity contribution in [3.63, 3.8) is 0 Å². The molecule has 0 bridgehead atoms. The lowest BCUT2D eigenvalue weighted by atomic mass is 10.4. The van der Waals surface area contributed by atoms with Crippen LogP contribution >= 0.6 is 34.5 Å². The molecule has 2 heterocycles. The molecule has 2 rings (SSSR count). The lowest BCUT2D eigenvalue weighted by Crippen LogP contribution is -2.09. The van der Waals surface area contributed by atoms with Crippen molar-refractivity contribution >= 4 is 34.5 Å². The Morgan fingerprint density at radius 3 is 2.53 bits per heavy atom. The van der Waals surface area contributed by atoms with E-state index in [4.69, 9.17) is 27.9 Å². The van der Waals surface area contributed by atoms with Crippen LogP contribution in [0.2, 0.25) is 9.62 Å². The van der Waals surface area contributed by atoms with Gasteiger partial charge in [-0.05, 0) is 37.6 Å². The quantitative estimate of drug-likeness (QED) is 0.865. The summed E-state index contributed by atoms with van der Waals surface area (Å²) in [6.07, 6.45) is -0.0201. The van der Waals surface area contributed by atoms with Gasteiger partial charge in [-0.15, -0.1) is 11.3 Å². The summed E-state index contributed by atoms with van der Waals surface area (Å²) in [6.45, 7) is 3.78. The highest BCUT2D eigenvalue weighted by molar-refractivity contribution is 7.19. The second-order valence-corrected chi connectivity index (χ2v) is 5.53. The summed E-state index contributed by atoms with van der Waals surface area (Å²) in [5, 5.41) is 0.107. The topological polar surface area (TPSA) is 47.9 Å². The predicted octanol–water partition coefficient (Wildman–Crippen LogP) is 3.69. The van der Waals surface area contributed by atoms with Crippen LogP contribution in [0.4, 0.5) is 0 Å². The van der Waals surface area contributed by atoms with Crippen molar-refractivity contribution in [3.8, 4) is 16.7 Å². The van der Waals surface area contributed by atoms with Crippen LogP contribution in [-0.4, -0.2) is 21.1 Å². The predicted molar refractivity (Wildman–Crippen MR) is 68.9 cm³/mol. The monoisotopic (exact) mass is 289 g/mol. The molecule has 0 aliphatic heterocycles. The van der Waals surface area contributed by atoms with Crippen molar-refractivity contribution in [2.45, 2.75) is 20.0 Å². The number of hydrogen-bond donors (Lipinski definition) is 0. The molecule has 0 spiro atoms. The van der Waals surface area contributed by atoms with Gasteiger partial charge in [-0.2, -0.15) is 15.0 Å². The van der Waals surface area contributed by atoms with Gasteiger partial charge in [-0.25, -0.2) is 0 Å². The third-order valence-corrected chi connectivity index (χ3v) is 3.12. The zero-order valence-corrected chi connectivity index (χ0v) is 11.5. The number of rotatable bonds is 3. The van der Waals surface area contributed by atoms with E-state index in [1.807, 2.05) is 19.9 Å². The summed E-state index contributed by atoms with van der Waals surface area (Å²) in [4.78, 5) is 12.9. The smallest absolute Gasteiger partial charge is 0.321 e. The molecular weight excluding hydrogens is 281 g/mol. The molecule has 0 radical (unpaired) electrons. The maximum absolute atomic E-state index is 5.86. The average molecular weight is 290 g/mol. The molecule has 7 heteroatoms. The van der Waals surface area contributed by atoms with E-state index in [1.54, 1.807) is 6.07 Å². The van der Waals surface area contributed by atoms with E-state index in [9.17, 15) is 0 Å². The van der Waals surface area contributed by atoms with Crippen LogP contribution in [-0.2, 0) is 0 Å². The summed E-state index contributed by atoms with van der Waals surface area (Å²) in [5.41, 5.74) is 0. The number of halogens is 2. The Hall–Kier alpha value is -0.910. The summed E-state index contributed by atoms with van der Waals surface area (Å²) in [7, 11) is 0. The van der Waals surface area contributed by atoms with Crippen molar-refractivity contribution in [2.75, 3.05) is 0 Å². The average Bonchev–Trinajstić information content (AvgIpc) is 2.62. The molecule has 0 aliphatic carbocycles. The minimum Gasteiger partial charge on any atom is -0.461 e. The van der Waals surface area contributed by atoms with Gasteiger partial charge in [0, 0.05) is 0 Å². The number of thiophene rings is 1. The first-order chi connectivity index (χ1) is 8.04. The molecule has 0 saturated heterocycles. The maximum Gasteiger partial charge on any atom is 0.321 e. The standard InChI is InChI=1S/C10H9Cl2N3OS/c1-5(2)16-10-14-8(13-9(12)15-10)6-3-4-7(11)17-6/h3-5H,1-2H3. The van der Waals surface area contributed by atoms with Crippen LogP contribution in [0, 0.1) is 0 Å². The van der Waals surface area contributed by atoms with Gasteiger partial charge in [0.2, 0.25) is 5.28 Å². The highest BCUT2D eigenvalue weighted by atomic mass is 35.5. The van der Waals surface area contributed by atoms with Gasteiger partial charge in [-0.3, -0.25) is 0 Å². The number of nitrogens with zero attached hydrogens (tertiary/aromatic N) is 3. The second kappa shape index (κ2) is 5.16. The fraction of sp³-hybridized carbons (Fsp3) is 0.300. The molecule has 0 fully saturated rings. The molecule has 0 amide bonds. The minimum atomic E-state index is -0.0201. The summed E-state index contributed by atoms with van der Waals surface area (Å²) in [5.74, 6) is 0.470. The molecule has 17 heavy (non-hydrogen) atoms. The Kier molecular flexibility index (Phi) is 3.81. The van der Waals surface area contributed by atoms with Gasteiger partial charge < -0.3 is 4.74 Å². The molecule has 0 saturated carbocycles. The zero-order chi connectivity index (χ0) is 12.4. The molecule has 90 valence electrons. The highest BCUT2D eigenvalue weighted by Crippen LogP contribution is 2.29. The summed E-state index contributed by atoms with van der Waals surface area (Å²) >= 11 is 13.1. The van der Waals surface area contributed by atoms with Gasteiger partial charge >= 0.3 is 6.01 Å². The normalized spacial score (nSPS) is 10.9. The molecule has 0 atom stereocenters. The van der Waals surface area contributed by atoms with E-state index in [0.717, 1.165) is 4.88 Å². The van der Waals surface area contributed by atoms with Crippen LogP contribution in [0.15, 0.2) is 12.1 Å². The number of ether oxygens (including phenoxy) is 1. The Balaban J connectivity index is 2.37. The minimum absolute atomic E-state index is 0.0201. The Labute approximate surface area is 113 Å². The molecule has 0 aliphatic rings. The molecule has 0 unspecified atom stereocenters. The molecule has 0 N–H and O–H groups in total. The van der Waals surface area contributed by atoms with E-state index < -0.39 is 0 Å². The van der Waals surface area contributed by atoms with Crippen molar-refractivity contribution in [3.05, 3.63) is 21.8 Å². The van der Waals surface area contributed by atoms with Gasteiger partial charge in [0.15, 0.2) is 5.82 Å². The third-order valence-electron chi connectivity index (χ3n) is 1.72. The molecule has 4 nitrogen and oxygen atoms in total. The Bertz CT molecular complexity index is 530. The molecule has 2 aromatic heterocycles. The van der Waals surface area contributed by atoms with Gasteiger partial charge in [0.05, 0.1) is 15.3 Å². The molecular formula is C10H9Cl2N3OS. The van der Waals surface area contributed by atoms with E-state index in [-0.39, 0.29) is 17.4 Å². The van der Waals surface area contributed by atoms with Crippen molar-refractivity contribution in [1.82, 2.24) is 15.0 Å². The largest absolute Gasteiger partial charge is 0.461 e. The van der Waals surface area contributed by atoms with Crippen LogP contribution < -0.4 is 4.74 Å². The fourth-order valence-corrected chi connectivity index (χ4v) is 2.27. The van der Waals surface area contributed by atoms with Crippen molar-refractivity contribution in [1.29, 1.82) is 0 Å². The Morgan fingerprint density at radius 1 is 1.18 bits per heavy atom. The van der Waals surface area contributed by atoms with E-state index in [0.29, 0.717) is 10.2 Å². The van der Waals surface area contributed by atoms with E-state index >= 15 is 0 Å². The van der Waals surface area contributed by atoms with Crippen LogP contribution in [0.5, 0.6) is 6.01 Å². The lowest BCUT2D eigenvalue weighted by Gasteiger charge is -2.07. The number of aromatic nitrogens is 3. The maximum atomic E-state index is 5.86. The van der Waals surface area contributed by atoms with Crippen molar-refractivity contribution in [2.24, 2.45) is 0 Å². The molecule has 0 aromatic carbocycles. The van der Waals surface area contributed by atoms with Crippen LogP contribution in [0.3, 0.4) is 0 Å². The third kappa shape index (κ3) is 3.28. The lowest BCUT2D eigenvalue weighted by molar-refractivity contribution is 0.222. The second-order valence-electron chi connectivity index (χ2n) is 3.48. The first-order valence-electron chi connectivity index (χ1n) is 4.88. The summed E-state index contributed by atoms with van der Waals surface area (Å²) in [6, 6.07) is 3.83.